The molecule has 47 heavy (non-hydrogen) atoms. The quantitative estimate of drug-likeness (QED) is 0.286. The number of aromatic hydroxyl groups is 1. The molecule has 244 valence electrons. The lowest BCUT2D eigenvalue weighted by Gasteiger charge is -2.50. The third-order valence-electron chi connectivity index (χ3n) is 9.35. The zero-order valence-corrected chi connectivity index (χ0v) is 25.3. The number of Topliss-reactive ketones (excluding diaryl/α,β-unsaturated/α-hetero) is 2. The molecule has 6 rings (SSSR count). The number of nitrogens with zero attached hydrogens (tertiary/aromatic N) is 1. The summed E-state index contributed by atoms with van der Waals surface area (Å²) in [5.74, 6) is -6.60. The number of fused-ring (bicyclic) bond motifs is 3. The number of allylic oxidation sites excluding steroid dienone is 1. The van der Waals surface area contributed by atoms with Crippen LogP contribution in [0.25, 0.3) is 11.1 Å². The van der Waals surface area contributed by atoms with Gasteiger partial charge in [-0.1, -0.05) is 48.5 Å². The van der Waals surface area contributed by atoms with Crippen LogP contribution in [-0.4, -0.2) is 63.4 Å². The van der Waals surface area contributed by atoms with Gasteiger partial charge in [0.25, 0.3) is 5.91 Å². The van der Waals surface area contributed by atoms with Crippen molar-refractivity contribution < 1.29 is 47.6 Å². The molecule has 3 aromatic rings. The average Bonchev–Trinajstić information content (AvgIpc) is 3.01. The van der Waals surface area contributed by atoms with Crippen LogP contribution in [0.3, 0.4) is 0 Å². The van der Waals surface area contributed by atoms with Gasteiger partial charge in [0.2, 0.25) is 5.78 Å². The molecule has 0 bridgehead atoms. The van der Waals surface area contributed by atoms with Gasteiger partial charge in [0, 0.05) is 11.5 Å². The van der Waals surface area contributed by atoms with Crippen LogP contribution in [0.4, 0.5) is 13.2 Å². The first-order valence-electron chi connectivity index (χ1n) is 14.8. The minimum absolute atomic E-state index is 0.0339. The molecule has 0 saturated carbocycles. The minimum atomic E-state index is -4.55. The molecule has 0 radical (unpaired) electrons. The number of alkyl halides is 3. The van der Waals surface area contributed by atoms with Crippen molar-refractivity contribution in [3.63, 3.8) is 0 Å². The second-order valence-corrected chi connectivity index (χ2v) is 12.3. The number of likely N-dealkylation sites (N-methyl/N-ethyl adjacent to an activating group) is 1. The number of carbonyl (C=O) groups excluding carboxylic acids is 3. The number of benzene rings is 3. The zero-order valence-electron chi connectivity index (χ0n) is 25.3. The predicted molar refractivity (Wildman–Crippen MR) is 163 cm³/mol. The van der Waals surface area contributed by atoms with E-state index in [1.54, 1.807) is 43.3 Å². The van der Waals surface area contributed by atoms with Crippen molar-refractivity contribution in [2.45, 2.75) is 37.3 Å². The minimum Gasteiger partial charge on any atom is -0.508 e. The van der Waals surface area contributed by atoms with Crippen molar-refractivity contribution in [2.24, 2.45) is 17.6 Å². The number of carbonyl (C=O) groups is 3. The van der Waals surface area contributed by atoms with Crippen molar-refractivity contribution in [1.82, 2.24) is 4.90 Å². The standard InChI is InChI=1S/C35H31F3N2O7/c1-40(2)28-23-15-19-14-22-21(18-8-10-20(11-9-18)35(36,37)38)12-13-24(41)26(22)29(42)25(19)31(43)34(23,46)32(44)27(33(39)45)30(28)47-16-17-6-4-3-5-7-17/h3-13,19,23,28,41,43,46H,14-16H2,1-2H3,(H2,39,45)/t19-,23-,28+,34-/m0/s1. The van der Waals surface area contributed by atoms with E-state index in [1.165, 1.54) is 24.3 Å². The number of hydrogen-bond donors (Lipinski definition) is 4. The molecule has 5 N–H and O–H groups in total. The lowest BCUT2D eigenvalue weighted by molar-refractivity contribution is -0.149. The van der Waals surface area contributed by atoms with Crippen LogP contribution in [0.1, 0.15) is 33.5 Å². The number of amides is 1. The van der Waals surface area contributed by atoms with Gasteiger partial charge in [0.15, 0.2) is 11.4 Å². The Morgan fingerprint density at radius 3 is 2.28 bits per heavy atom. The van der Waals surface area contributed by atoms with E-state index in [9.17, 15) is 42.9 Å². The van der Waals surface area contributed by atoms with Gasteiger partial charge < -0.3 is 25.8 Å². The molecule has 3 aliphatic rings. The van der Waals surface area contributed by atoms with Crippen molar-refractivity contribution in [1.29, 1.82) is 0 Å². The summed E-state index contributed by atoms with van der Waals surface area (Å²) in [7, 11) is 3.29. The molecule has 9 nitrogen and oxygen atoms in total. The van der Waals surface area contributed by atoms with Crippen molar-refractivity contribution >= 4 is 17.5 Å². The fraction of sp³-hybridized carbons (Fsp3) is 0.286. The van der Waals surface area contributed by atoms with Crippen LogP contribution in [-0.2, 0) is 33.5 Å². The summed E-state index contributed by atoms with van der Waals surface area (Å²) >= 11 is 0. The maximum atomic E-state index is 14.0. The monoisotopic (exact) mass is 648 g/mol. The van der Waals surface area contributed by atoms with Crippen molar-refractivity contribution in [3.05, 3.63) is 112 Å². The number of rotatable bonds is 6. The smallest absolute Gasteiger partial charge is 0.416 e. The SMILES string of the molecule is CN(C)[C@H]1C(OCc2ccccc2)=C(C(N)=O)C(=O)[C@@]2(O)C(O)=C3C(=O)c4c(O)ccc(-c5ccc(C(F)(F)F)cc5)c4C[C@H]3C[C@@H]12. The Morgan fingerprint density at radius 1 is 1.02 bits per heavy atom. The number of ether oxygens (including phenoxy) is 1. The Bertz CT molecular complexity index is 1870. The number of halogens is 3. The molecule has 3 aromatic carbocycles. The number of ketones is 2. The first-order valence-corrected chi connectivity index (χ1v) is 14.8. The second-order valence-electron chi connectivity index (χ2n) is 12.3. The summed E-state index contributed by atoms with van der Waals surface area (Å²) < 4.78 is 45.8. The molecular formula is C35H31F3N2O7. The Labute approximate surface area is 267 Å². The number of aliphatic hydroxyl groups is 2. The molecule has 1 amide bonds. The molecule has 0 spiro atoms. The topological polar surface area (TPSA) is 150 Å². The predicted octanol–water partition coefficient (Wildman–Crippen LogP) is 4.47. The summed E-state index contributed by atoms with van der Waals surface area (Å²) in [6.07, 6.45) is -4.55. The van der Waals surface area contributed by atoms with E-state index in [4.69, 9.17) is 10.5 Å². The third kappa shape index (κ3) is 5.08. The summed E-state index contributed by atoms with van der Waals surface area (Å²) in [6, 6.07) is 15.1. The van der Waals surface area contributed by atoms with Crippen molar-refractivity contribution in [2.75, 3.05) is 14.1 Å². The number of phenols is 1. The number of phenolic OH excluding ortho intramolecular Hbond substituents is 1. The van der Waals surface area contributed by atoms with E-state index < -0.39 is 69.8 Å². The molecule has 4 atom stereocenters. The maximum absolute atomic E-state index is 14.0. The van der Waals surface area contributed by atoms with Gasteiger partial charge in [-0.05, 0) is 73.3 Å². The number of primary amides is 1. The molecule has 0 aliphatic heterocycles. The molecule has 0 saturated heterocycles. The van der Waals surface area contributed by atoms with E-state index in [0.717, 1.165) is 17.7 Å². The molecule has 12 heteroatoms. The highest BCUT2D eigenvalue weighted by atomic mass is 19.4. The molecule has 0 heterocycles. The first kappa shape index (κ1) is 32.0. The molecule has 0 unspecified atom stereocenters. The van der Waals surface area contributed by atoms with Crippen LogP contribution in [0.5, 0.6) is 5.75 Å². The maximum Gasteiger partial charge on any atom is 0.416 e. The van der Waals surface area contributed by atoms with E-state index >= 15 is 0 Å². The van der Waals surface area contributed by atoms with Crippen LogP contribution >= 0.6 is 0 Å². The van der Waals surface area contributed by atoms with Gasteiger partial charge >= 0.3 is 6.18 Å². The Hall–Kier alpha value is -4.94. The summed E-state index contributed by atoms with van der Waals surface area (Å²) in [4.78, 5) is 42.4. The highest BCUT2D eigenvalue weighted by Crippen LogP contribution is 2.53. The summed E-state index contributed by atoms with van der Waals surface area (Å²) in [5.41, 5.74) is 2.81. The van der Waals surface area contributed by atoms with Gasteiger partial charge in [-0.15, -0.1) is 0 Å². The van der Waals surface area contributed by atoms with Crippen molar-refractivity contribution in [3.8, 4) is 16.9 Å². The lowest BCUT2D eigenvalue weighted by atomic mass is 9.58. The van der Waals surface area contributed by atoms with Crippen LogP contribution in [0.2, 0.25) is 0 Å². The Morgan fingerprint density at radius 2 is 1.68 bits per heavy atom. The highest BCUT2D eigenvalue weighted by molar-refractivity contribution is 6.25. The molecular weight excluding hydrogens is 617 g/mol. The van der Waals surface area contributed by atoms with Gasteiger partial charge in [-0.25, -0.2) is 0 Å². The average molecular weight is 649 g/mol. The fourth-order valence-corrected chi connectivity index (χ4v) is 7.23. The third-order valence-corrected chi connectivity index (χ3v) is 9.35. The summed E-state index contributed by atoms with van der Waals surface area (Å²) in [5, 5.41) is 34.5. The highest BCUT2D eigenvalue weighted by Gasteiger charge is 2.63. The normalized spacial score (nSPS) is 24.2. The van der Waals surface area contributed by atoms with Crippen LogP contribution in [0.15, 0.2) is 89.4 Å². The Balaban J connectivity index is 1.47. The second kappa shape index (κ2) is 11.4. The molecule has 0 fully saturated rings. The van der Waals surface area contributed by atoms with Crippen LogP contribution < -0.4 is 5.73 Å². The zero-order chi connectivity index (χ0) is 34.0. The van der Waals surface area contributed by atoms with Gasteiger partial charge in [0.1, 0.15) is 29.4 Å². The lowest BCUT2D eigenvalue weighted by Crippen LogP contribution is -2.64. The van der Waals surface area contributed by atoms with E-state index in [2.05, 4.69) is 0 Å². The largest absolute Gasteiger partial charge is 0.508 e. The fourth-order valence-electron chi connectivity index (χ4n) is 7.23. The number of aliphatic hydroxyl groups excluding tert-OH is 1. The first-order chi connectivity index (χ1) is 22.2. The summed E-state index contributed by atoms with van der Waals surface area (Å²) in [6.45, 7) is -0.0339. The molecule has 0 aromatic heterocycles. The van der Waals surface area contributed by atoms with E-state index in [1.807, 2.05) is 6.07 Å². The Kier molecular flexibility index (Phi) is 7.76. The van der Waals surface area contributed by atoms with Gasteiger partial charge in [-0.2, -0.15) is 13.2 Å². The van der Waals surface area contributed by atoms with Gasteiger partial charge in [-0.3, -0.25) is 19.3 Å². The van der Waals surface area contributed by atoms with Gasteiger partial charge in [0.05, 0.1) is 17.2 Å². The molecule has 3 aliphatic carbocycles. The van der Waals surface area contributed by atoms with E-state index in [0.29, 0.717) is 16.7 Å². The van der Waals surface area contributed by atoms with Crippen LogP contribution in [0, 0.1) is 11.8 Å². The number of hydrogen-bond acceptors (Lipinski definition) is 8. The van der Waals surface area contributed by atoms with E-state index in [-0.39, 0.29) is 36.3 Å². The number of nitrogens with two attached hydrogens (primary N) is 1.